The second-order valence-corrected chi connectivity index (χ2v) is 7.73. The molecule has 2 aliphatic rings. The molecule has 2 aliphatic carbocycles. The quantitative estimate of drug-likeness (QED) is 0.884. The van der Waals surface area contributed by atoms with E-state index >= 15 is 0 Å². The maximum absolute atomic E-state index is 4.74. The van der Waals surface area contributed by atoms with Crippen LogP contribution in [0.3, 0.4) is 0 Å². The molecule has 1 N–H and O–H groups in total. The van der Waals surface area contributed by atoms with Crippen LogP contribution in [0.4, 0.5) is 0 Å². The van der Waals surface area contributed by atoms with Crippen molar-refractivity contribution < 1.29 is 0 Å². The monoisotopic (exact) mass is 278 g/mol. The first-order valence-corrected chi connectivity index (χ1v) is 8.70. The molecule has 2 saturated carbocycles. The Bertz CT molecular complexity index is 403. The van der Waals surface area contributed by atoms with Crippen molar-refractivity contribution in [1.29, 1.82) is 0 Å². The molecule has 2 nitrogen and oxygen atoms in total. The lowest BCUT2D eigenvalue weighted by Gasteiger charge is -2.31. The van der Waals surface area contributed by atoms with E-state index < -0.39 is 0 Å². The number of thiazole rings is 1. The van der Waals surface area contributed by atoms with E-state index in [4.69, 9.17) is 4.98 Å². The highest BCUT2D eigenvalue weighted by Gasteiger charge is 2.28. The number of hydrogen-bond donors (Lipinski definition) is 1. The second-order valence-electron chi connectivity index (χ2n) is 6.44. The molecule has 2 atom stereocenters. The van der Waals surface area contributed by atoms with Crippen LogP contribution in [0.25, 0.3) is 0 Å². The van der Waals surface area contributed by atoms with Gasteiger partial charge >= 0.3 is 0 Å². The minimum Gasteiger partial charge on any atom is -0.314 e. The summed E-state index contributed by atoms with van der Waals surface area (Å²) < 4.78 is 0. The van der Waals surface area contributed by atoms with Crippen LogP contribution in [0.1, 0.15) is 54.1 Å². The summed E-state index contributed by atoms with van der Waals surface area (Å²) >= 11 is 1.92. The van der Waals surface area contributed by atoms with Crippen LogP contribution in [0.2, 0.25) is 0 Å². The number of rotatable bonds is 5. The number of aryl methyl sites for hydroxylation is 2. The Hall–Kier alpha value is -0.410. The summed E-state index contributed by atoms with van der Waals surface area (Å²) in [6.07, 6.45) is 9.72. The molecule has 1 aromatic heterocycles. The second kappa shape index (κ2) is 5.92. The van der Waals surface area contributed by atoms with Crippen molar-refractivity contribution in [3.05, 3.63) is 15.6 Å². The lowest BCUT2D eigenvalue weighted by atomic mass is 9.77. The lowest BCUT2D eigenvalue weighted by Crippen LogP contribution is -2.32. The van der Waals surface area contributed by atoms with Crippen molar-refractivity contribution in [2.24, 2.45) is 11.8 Å². The van der Waals surface area contributed by atoms with E-state index in [-0.39, 0.29) is 0 Å². The Balaban J connectivity index is 1.58. The Morgan fingerprint density at radius 2 is 1.84 bits per heavy atom. The van der Waals surface area contributed by atoms with Gasteiger partial charge in [-0.15, -0.1) is 11.3 Å². The van der Waals surface area contributed by atoms with Gasteiger partial charge in [0.2, 0.25) is 0 Å². The van der Waals surface area contributed by atoms with Gasteiger partial charge in [-0.25, -0.2) is 4.98 Å². The summed E-state index contributed by atoms with van der Waals surface area (Å²) in [7, 11) is 0. The van der Waals surface area contributed by atoms with E-state index in [1.807, 2.05) is 11.3 Å². The van der Waals surface area contributed by atoms with E-state index in [9.17, 15) is 0 Å². The molecular weight excluding hydrogens is 252 g/mol. The fourth-order valence-electron chi connectivity index (χ4n) is 3.28. The topological polar surface area (TPSA) is 24.9 Å². The first-order valence-electron chi connectivity index (χ1n) is 7.88. The maximum atomic E-state index is 4.74. The fourth-order valence-corrected chi connectivity index (χ4v) is 4.30. The summed E-state index contributed by atoms with van der Waals surface area (Å²) in [5.41, 5.74) is 1.24. The van der Waals surface area contributed by atoms with Crippen LogP contribution in [-0.2, 0) is 6.42 Å². The van der Waals surface area contributed by atoms with Gasteiger partial charge in [-0.05, 0) is 57.9 Å². The number of hydrogen-bond acceptors (Lipinski definition) is 3. The molecule has 3 rings (SSSR count). The molecule has 106 valence electrons. The minimum absolute atomic E-state index is 0.854. The van der Waals surface area contributed by atoms with Gasteiger partial charge < -0.3 is 5.32 Å². The molecule has 1 aromatic rings. The van der Waals surface area contributed by atoms with E-state index in [1.54, 1.807) is 0 Å². The molecule has 1 heterocycles. The Kier molecular flexibility index (Phi) is 4.23. The Labute approximate surface area is 121 Å². The predicted molar refractivity (Wildman–Crippen MR) is 81.8 cm³/mol. The average molecular weight is 278 g/mol. The number of aromatic nitrogens is 1. The zero-order valence-electron chi connectivity index (χ0n) is 12.2. The summed E-state index contributed by atoms with van der Waals surface area (Å²) in [5, 5.41) is 5.12. The van der Waals surface area contributed by atoms with Crippen LogP contribution in [0, 0.1) is 25.7 Å². The molecule has 2 unspecified atom stereocenters. The van der Waals surface area contributed by atoms with E-state index in [0.717, 1.165) is 17.9 Å². The summed E-state index contributed by atoms with van der Waals surface area (Å²) in [6.45, 7) is 5.59. The normalized spacial score (nSPS) is 27.7. The van der Waals surface area contributed by atoms with Gasteiger partial charge in [0.15, 0.2) is 0 Å². The number of nitrogens with one attached hydrogen (secondary N) is 1. The third-order valence-electron chi connectivity index (χ3n) is 4.82. The van der Waals surface area contributed by atoms with Crippen LogP contribution in [0.5, 0.6) is 0 Å². The van der Waals surface area contributed by atoms with Crippen molar-refractivity contribution in [2.75, 3.05) is 6.54 Å². The smallest absolute Gasteiger partial charge is 0.0933 e. The molecule has 2 fully saturated rings. The summed E-state index contributed by atoms with van der Waals surface area (Å²) in [4.78, 5) is 6.15. The van der Waals surface area contributed by atoms with Gasteiger partial charge in [-0.1, -0.05) is 12.8 Å². The average Bonchev–Trinajstić information content (AvgIpc) is 3.16. The van der Waals surface area contributed by atoms with Gasteiger partial charge in [0.25, 0.3) is 0 Å². The van der Waals surface area contributed by atoms with Crippen LogP contribution >= 0.6 is 11.3 Å². The van der Waals surface area contributed by atoms with Crippen molar-refractivity contribution in [2.45, 2.75) is 64.8 Å². The number of nitrogens with zero attached hydrogens (tertiary/aromatic N) is 1. The van der Waals surface area contributed by atoms with E-state index in [0.29, 0.717) is 0 Å². The van der Waals surface area contributed by atoms with Crippen molar-refractivity contribution in [1.82, 2.24) is 10.3 Å². The third kappa shape index (κ3) is 3.57. The zero-order chi connectivity index (χ0) is 13.2. The van der Waals surface area contributed by atoms with Crippen LogP contribution in [0.15, 0.2) is 0 Å². The Morgan fingerprint density at radius 1 is 1.11 bits per heavy atom. The van der Waals surface area contributed by atoms with Gasteiger partial charge in [-0.2, -0.15) is 0 Å². The molecule has 0 bridgehead atoms. The van der Waals surface area contributed by atoms with Crippen molar-refractivity contribution >= 4 is 11.3 Å². The summed E-state index contributed by atoms with van der Waals surface area (Å²) in [6, 6.07) is 0.854. The zero-order valence-corrected chi connectivity index (χ0v) is 13.1. The highest BCUT2D eigenvalue weighted by molar-refractivity contribution is 7.11. The predicted octanol–water partition coefficient (Wildman–Crippen LogP) is 3.86. The molecular formula is C16H26N2S. The largest absolute Gasteiger partial charge is 0.314 e. The molecule has 19 heavy (non-hydrogen) atoms. The van der Waals surface area contributed by atoms with Crippen molar-refractivity contribution in [3.8, 4) is 0 Å². The highest BCUT2D eigenvalue weighted by Crippen LogP contribution is 2.34. The van der Waals surface area contributed by atoms with E-state index in [1.165, 1.54) is 67.1 Å². The highest BCUT2D eigenvalue weighted by atomic mass is 32.1. The molecule has 3 heteroatoms. The third-order valence-corrected chi connectivity index (χ3v) is 5.92. The lowest BCUT2D eigenvalue weighted by molar-refractivity contribution is 0.228. The molecule has 0 aliphatic heterocycles. The SMILES string of the molecule is Cc1nc(CC2CCCCC2CNC2CC2)sc1C. The van der Waals surface area contributed by atoms with Crippen LogP contribution < -0.4 is 5.32 Å². The summed E-state index contributed by atoms with van der Waals surface area (Å²) in [5.74, 6) is 1.75. The fraction of sp³-hybridized carbons (Fsp3) is 0.812. The van der Waals surface area contributed by atoms with E-state index in [2.05, 4.69) is 19.2 Å². The first-order chi connectivity index (χ1) is 9.22. The van der Waals surface area contributed by atoms with Gasteiger partial charge in [0, 0.05) is 17.3 Å². The standard InChI is InChI=1S/C16H26N2S/c1-11-12(2)19-16(18-11)9-13-5-3-4-6-14(13)10-17-15-7-8-15/h13-15,17H,3-10H2,1-2H3. The molecule has 0 saturated heterocycles. The van der Waals surface area contributed by atoms with Gasteiger partial charge in [0.05, 0.1) is 10.7 Å². The first kappa shape index (κ1) is 13.6. The van der Waals surface area contributed by atoms with Gasteiger partial charge in [-0.3, -0.25) is 0 Å². The molecule has 0 radical (unpaired) electrons. The van der Waals surface area contributed by atoms with Crippen LogP contribution in [-0.4, -0.2) is 17.6 Å². The molecule has 0 aromatic carbocycles. The molecule has 0 amide bonds. The molecule has 0 spiro atoms. The van der Waals surface area contributed by atoms with Gasteiger partial charge in [0.1, 0.15) is 0 Å². The maximum Gasteiger partial charge on any atom is 0.0933 e. The minimum atomic E-state index is 0.854. The van der Waals surface area contributed by atoms with Crippen molar-refractivity contribution in [3.63, 3.8) is 0 Å². The Morgan fingerprint density at radius 3 is 2.47 bits per heavy atom.